The summed E-state index contributed by atoms with van der Waals surface area (Å²) in [7, 11) is 1.71. The third kappa shape index (κ3) is 3.25. The molecule has 1 amide bonds. The molecule has 0 saturated carbocycles. The minimum atomic E-state index is -0.299. The highest BCUT2D eigenvalue weighted by molar-refractivity contribution is 6.33. The molecule has 1 aromatic carbocycles. The lowest BCUT2D eigenvalue weighted by atomic mass is 10.1. The van der Waals surface area contributed by atoms with E-state index in [0.717, 1.165) is 5.56 Å². The van der Waals surface area contributed by atoms with Crippen LogP contribution in [0.2, 0.25) is 5.15 Å². The number of carbonyl (C=O) groups is 1. The van der Waals surface area contributed by atoms with Gasteiger partial charge >= 0.3 is 0 Å². The fourth-order valence-corrected chi connectivity index (χ4v) is 2.30. The van der Waals surface area contributed by atoms with Crippen LogP contribution in [-0.4, -0.2) is 20.8 Å². The van der Waals surface area contributed by atoms with Crippen molar-refractivity contribution < 1.29 is 9.90 Å². The fraction of sp³-hybridized carbons (Fsp3) is 0.333. The predicted octanol–water partition coefficient (Wildman–Crippen LogP) is 2.94. The van der Waals surface area contributed by atoms with Crippen molar-refractivity contribution in [3.8, 4) is 0 Å². The van der Waals surface area contributed by atoms with Crippen LogP contribution in [0.3, 0.4) is 0 Å². The topological polar surface area (TPSA) is 67.2 Å². The zero-order chi connectivity index (χ0) is 15.6. The largest absolute Gasteiger partial charge is 0.392 e. The molecule has 0 bridgehead atoms. The molecular formula is C15H18ClN3O2. The van der Waals surface area contributed by atoms with E-state index >= 15 is 0 Å². The molecule has 2 N–H and O–H groups in total. The molecule has 0 spiro atoms. The van der Waals surface area contributed by atoms with Gasteiger partial charge in [-0.2, -0.15) is 5.10 Å². The Morgan fingerprint density at radius 3 is 2.81 bits per heavy atom. The number of aliphatic hydroxyl groups excluding tert-OH is 1. The third-order valence-corrected chi connectivity index (χ3v) is 3.58. The molecule has 0 aliphatic heterocycles. The number of halogens is 1. The summed E-state index contributed by atoms with van der Waals surface area (Å²) in [4.78, 5) is 12.5. The van der Waals surface area contributed by atoms with Gasteiger partial charge in [-0.05, 0) is 23.6 Å². The van der Waals surface area contributed by atoms with Crippen molar-refractivity contribution in [2.24, 2.45) is 7.05 Å². The Hall–Kier alpha value is -1.85. The monoisotopic (exact) mass is 307 g/mol. The molecule has 1 heterocycles. The van der Waals surface area contributed by atoms with Gasteiger partial charge in [0.1, 0.15) is 10.7 Å². The summed E-state index contributed by atoms with van der Waals surface area (Å²) in [5.41, 5.74) is 2.40. The van der Waals surface area contributed by atoms with Crippen LogP contribution in [0, 0.1) is 0 Å². The van der Waals surface area contributed by atoms with Crippen molar-refractivity contribution in [1.82, 2.24) is 9.78 Å². The molecule has 2 aromatic rings. The highest BCUT2D eigenvalue weighted by atomic mass is 35.5. The summed E-state index contributed by atoms with van der Waals surface area (Å²) in [6.45, 7) is 3.85. The number of amides is 1. The second kappa shape index (κ2) is 6.28. The second-order valence-corrected chi connectivity index (χ2v) is 5.50. The van der Waals surface area contributed by atoms with E-state index in [9.17, 15) is 4.79 Å². The minimum Gasteiger partial charge on any atom is -0.392 e. The predicted molar refractivity (Wildman–Crippen MR) is 82.6 cm³/mol. The minimum absolute atomic E-state index is 0.0748. The van der Waals surface area contributed by atoms with Gasteiger partial charge in [0.05, 0.1) is 12.3 Å². The summed E-state index contributed by atoms with van der Waals surface area (Å²) in [6.07, 6.45) is 0. The average Bonchev–Trinajstić information content (AvgIpc) is 2.75. The Morgan fingerprint density at radius 2 is 2.19 bits per heavy atom. The summed E-state index contributed by atoms with van der Waals surface area (Å²) in [5, 5.41) is 16.5. The molecule has 1 aromatic heterocycles. The number of nitrogens with zero attached hydrogens (tertiary/aromatic N) is 2. The van der Waals surface area contributed by atoms with Gasteiger partial charge in [0, 0.05) is 12.7 Å². The highest BCUT2D eigenvalue weighted by Gasteiger charge is 2.23. The molecule has 2 rings (SSSR count). The maximum atomic E-state index is 12.5. The van der Waals surface area contributed by atoms with E-state index in [1.807, 2.05) is 13.8 Å². The first-order valence-electron chi connectivity index (χ1n) is 6.67. The number of aromatic nitrogens is 2. The van der Waals surface area contributed by atoms with Crippen molar-refractivity contribution in [3.05, 3.63) is 46.2 Å². The zero-order valence-electron chi connectivity index (χ0n) is 12.2. The van der Waals surface area contributed by atoms with Crippen LogP contribution in [0.1, 0.15) is 41.4 Å². The van der Waals surface area contributed by atoms with Crippen LogP contribution in [-0.2, 0) is 13.7 Å². The van der Waals surface area contributed by atoms with Crippen molar-refractivity contribution >= 4 is 23.2 Å². The van der Waals surface area contributed by atoms with Crippen LogP contribution in [0.25, 0.3) is 0 Å². The first-order chi connectivity index (χ1) is 9.93. The highest BCUT2D eigenvalue weighted by Crippen LogP contribution is 2.26. The van der Waals surface area contributed by atoms with Gasteiger partial charge in [0.15, 0.2) is 0 Å². The number of aliphatic hydroxyl groups is 1. The zero-order valence-corrected chi connectivity index (χ0v) is 13.0. The number of rotatable bonds is 4. The van der Waals surface area contributed by atoms with E-state index < -0.39 is 0 Å². The van der Waals surface area contributed by atoms with E-state index in [-0.39, 0.29) is 18.4 Å². The van der Waals surface area contributed by atoms with Crippen LogP contribution >= 0.6 is 11.6 Å². The summed E-state index contributed by atoms with van der Waals surface area (Å²) < 4.78 is 1.50. The van der Waals surface area contributed by atoms with Crippen LogP contribution in [0.15, 0.2) is 24.3 Å². The number of hydrogen-bond acceptors (Lipinski definition) is 3. The average molecular weight is 308 g/mol. The van der Waals surface area contributed by atoms with Crippen molar-refractivity contribution in [2.45, 2.75) is 26.4 Å². The maximum Gasteiger partial charge on any atom is 0.260 e. The number of benzene rings is 1. The van der Waals surface area contributed by atoms with Gasteiger partial charge in [-0.3, -0.25) is 9.48 Å². The van der Waals surface area contributed by atoms with E-state index in [1.165, 1.54) is 4.68 Å². The Bertz CT molecular complexity index is 665. The molecule has 21 heavy (non-hydrogen) atoms. The van der Waals surface area contributed by atoms with Gasteiger partial charge in [-0.25, -0.2) is 0 Å². The molecular weight excluding hydrogens is 290 g/mol. The first kappa shape index (κ1) is 15.5. The van der Waals surface area contributed by atoms with Gasteiger partial charge < -0.3 is 10.4 Å². The quantitative estimate of drug-likeness (QED) is 0.912. The Labute approximate surface area is 128 Å². The van der Waals surface area contributed by atoms with Crippen molar-refractivity contribution in [1.29, 1.82) is 0 Å². The van der Waals surface area contributed by atoms with Gasteiger partial charge in [0.25, 0.3) is 5.91 Å². The van der Waals surface area contributed by atoms with Crippen LogP contribution in [0.4, 0.5) is 5.69 Å². The lowest BCUT2D eigenvalue weighted by Crippen LogP contribution is -2.14. The van der Waals surface area contributed by atoms with Crippen LogP contribution in [0.5, 0.6) is 0 Å². The van der Waals surface area contributed by atoms with Crippen molar-refractivity contribution in [3.63, 3.8) is 0 Å². The fourth-order valence-electron chi connectivity index (χ4n) is 2.08. The molecule has 6 heteroatoms. The third-order valence-electron chi connectivity index (χ3n) is 3.15. The summed E-state index contributed by atoms with van der Waals surface area (Å²) in [6, 6.07) is 7.04. The van der Waals surface area contributed by atoms with E-state index in [1.54, 1.807) is 31.3 Å². The van der Waals surface area contributed by atoms with Crippen molar-refractivity contribution in [2.75, 3.05) is 5.32 Å². The maximum absolute atomic E-state index is 12.5. The number of hydrogen-bond donors (Lipinski definition) is 2. The number of nitrogens with one attached hydrogen (secondary N) is 1. The molecule has 0 unspecified atom stereocenters. The molecule has 0 aliphatic carbocycles. The lowest BCUT2D eigenvalue weighted by molar-refractivity contribution is 0.102. The van der Waals surface area contributed by atoms with Gasteiger partial charge in [-0.15, -0.1) is 0 Å². The number of aryl methyl sites for hydroxylation is 1. The Kier molecular flexibility index (Phi) is 4.65. The van der Waals surface area contributed by atoms with E-state index in [0.29, 0.717) is 22.1 Å². The normalized spacial score (nSPS) is 11.0. The number of anilines is 1. The smallest absolute Gasteiger partial charge is 0.260 e. The number of carbonyl (C=O) groups excluding carboxylic acids is 1. The lowest BCUT2D eigenvalue weighted by Gasteiger charge is -2.08. The SMILES string of the molecule is CC(C)c1nn(C)c(Cl)c1C(=O)Nc1cccc(CO)c1. The Morgan fingerprint density at radius 1 is 1.48 bits per heavy atom. The van der Waals surface area contributed by atoms with E-state index in [2.05, 4.69) is 10.4 Å². The summed E-state index contributed by atoms with van der Waals surface area (Å²) >= 11 is 6.18. The molecule has 0 aliphatic rings. The van der Waals surface area contributed by atoms with Gasteiger partial charge in [0.2, 0.25) is 0 Å². The molecule has 0 atom stereocenters. The molecule has 0 saturated heterocycles. The Balaban J connectivity index is 2.32. The van der Waals surface area contributed by atoms with E-state index in [4.69, 9.17) is 16.7 Å². The van der Waals surface area contributed by atoms with Gasteiger partial charge in [-0.1, -0.05) is 37.6 Å². The molecule has 5 nitrogen and oxygen atoms in total. The summed E-state index contributed by atoms with van der Waals surface area (Å²) in [5.74, 6) is -0.208. The molecule has 112 valence electrons. The molecule has 0 fully saturated rings. The molecule has 0 radical (unpaired) electrons. The second-order valence-electron chi connectivity index (χ2n) is 5.14. The van der Waals surface area contributed by atoms with Crippen LogP contribution < -0.4 is 5.32 Å². The first-order valence-corrected chi connectivity index (χ1v) is 7.05. The standard InChI is InChI=1S/C15H18ClN3O2/c1-9(2)13-12(14(16)19(3)18-13)15(21)17-11-6-4-5-10(7-11)8-20/h4-7,9,20H,8H2,1-3H3,(H,17,21).